The number of rotatable bonds is 6. The average molecular weight is 322 g/mol. The normalized spacial score (nSPS) is 17.4. The first-order valence-electron chi connectivity index (χ1n) is 7.84. The van der Waals surface area contributed by atoms with E-state index >= 15 is 0 Å². The Morgan fingerprint density at radius 1 is 1.23 bits per heavy atom. The minimum Gasteiger partial charge on any atom is -0.494 e. The third kappa shape index (κ3) is 3.92. The summed E-state index contributed by atoms with van der Waals surface area (Å²) in [5.41, 5.74) is 1.24. The second-order valence-corrected chi connectivity index (χ2v) is 5.46. The molecular formula is C18H24ClNO2. The third-order valence-electron chi connectivity index (χ3n) is 4.00. The van der Waals surface area contributed by atoms with Crippen LogP contribution in [0.2, 0.25) is 0 Å². The molecule has 2 aromatic carbocycles. The number of benzene rings is 2. The molecule has 4 heteroatoms. The van der Waals surface area contributed by atoms with E-state index < -0.39 is 0 Å². The van der Waals surface area contributed by atoms with E-state index in [0.29, 0.717) is 12.7 Å². The first-order chi connectivity index (χ1) is 10.4. The highest BCUT2D eigenvalue weighted by atomic mass is 35.5. The van der Waals surface area contributed by atoms with Crippen LogP contribution in [0.4, 0.5) is 0 Å². The van der Waals surface area contributed by atoms with Crippen molar-refractivity contribution in [3.8, 4) is 5.75 Å². The Morgan fingerprint density at radius 2 is 2.09 bits per heavy atom. The molecule has 1 aliphatic heterocycles. The van der Waals surface area contributed by atoms with Gasteiger partial charge in [-0.15, -0.1) is 12.4 Å². The van der Waals surface area contributed by atoms with E-state index in [-0.39, 0.29) is 12.4 Å². The SMILES string of the molecule is CCOc1ccc2ccccc2c1CNCC1CCCO1.Cl. The number of nitrogens with one attached hydrogen (secondary N) is 1. The fourth-order valence-electron chi connectivity index (χ4n) is 2.95. The first kappa shape index (κ1) is 17.1. The molecule has 1 saturated heterocycles. The molecule has 1 aliphatic rings. The molecule has 0 bridgehead atoms. The molecule has 120 valence electrons. The lowest BCUT2D eigenvalue weighted by molar-refractivity contribution is 0.110. The topological polar surface area (TPSA) is 30.5 Å². The average Bonchev–Trinajstić information content (AvgIpc) is 3.02. The molecule has 1 unspecified atom stereocenters. The van der Waals surface area contributed by atoms with Gasteiger partial charge in [-0.05, 0) is 36.6 Å². The van der Waals surface area contributed by atoms with Crippen LogP contribution in [0.5, 0.6) is 5.75 Å². The molecular weight excluding hydrogens is 298 g/mol. The fraction of sp³-hybridized carbons (Fsp3) is 0.444. The predicted molar refractivity (Wildman–Crippen MR) is 93.0 cm³/mol. The van der Waals surface area contributed by atoms with Gasteiger partial charge in [0.25, 0.3) is 0 Å². The molecule has 1 atom stereocenters. The summed E-state index contributed by atoms with van der Waals surface area (Å²) < 4.78 is 11.5. The summed E-state index contributed by atoms with van der Waals surface area (Å²) in [6.45, 7) is 5.35. The van der Waals surface area contributed by atoms with Crippen molar-refractivity contribution in [2.24, 2.45) is 0 Å². The first-order valence-corrected chi connectivity index (χ1v) is 7.84. The highest BCUT2D eigenvalue weighted by Crippen LogP contribution is 2.28. The van der Waals surface area contributed by atoms with Gasteiger partial charge < -0.3 is 14.8 Å². The lowest BCUT2D eigenvalue weighted by Crippen LogP contribution is -2.26. The van der Waals surface area contributed by atoms with E-state index in [2.05, 4.69) is 41.7 Å². The Labute approximate surface area is 138 Å². The molecule has 0 spiro atoms. The van der Waals surface area contributed by atoms with Crippen molar-refractivity contribution < 1.29 is 9.47 Å². The molecule has 0 aromatic heterocycles. The van der Waals surface area contributed by atoms with Crippen LogP contribution < -0.4 is 10.1 Å². The largest absolute Gasteiger partial charge is 0.494 e. The molecule has 0 amide bonds. The van der Waals surface area contributed by atoms with Crippen LogP contribution in [0.1, 0.15) is 25.3 Å². The molecule has 1 fully saturated rings. The number of halogens is 1. The van der Waals surface area contributed by atoms with E-state index in [1.54, 1.807) is 0 Å². The molecule has 0 saturated carbocycles. The minimum atomic E-state index is 0. The van der Waals surface area contributed by atoms with E-state index in [1.165, 1.54) is 29.2 Å². The highest BCUT2D eigenvalue weighted by Gasteiger charge is 2.15. The maximum absolute atomic E-state index is 5.80. The second kappa shape index (κ2) is 8.37. The van der Waals surface area contributed by atoms with E-state index in [0.717, 1.165) is 25.4 Å². The van der Waals surface area contributed by atoms with E-state index in [9.17, 15) is 0 Å². The zero-order valence-corrected chi connectivity index (χ0v) is 13.8. The Bertz CT molecular complexity index is 597. The summed E-state index contributed by atoms with van der Waals surface area (Å²) in [6.07, 6.45) is 2.72. The molecule has 3 rings (SSSR count). The molecule has 3 nitrogen and oxygen atoms in total. The Kier molecular flexibility index (Phi) is 6.49. The van der Waals surface area contributed by atoms with Crippen LogP contribution in [0.3, 0.4) is 0 Å². The third-order valence-corrected chi connectivity index (χ3v) is 4.00. The zero-order valence-electron chi connectivity index (χ0n) is 13.0. The van der Waals surface area contributed by atoms with Crippen LogP contribution in [0.15, 0.2) is 36.4 Å². The van der Waals surface area contributed by atoms with Gasteiger partial charge in [0, 0.05) is 25.3 Å². The minimum absolute atomic E-state index is 0. The standard InChI is InChI=1S/C18H23NO2.ClH/c1-2-20-18-10-9-14-6-3-4-8-16(14)17(18)13-19-12-15-7-5-11-21-15;/h3-4,6,8-10,15,19H,2,5,7,11-13H2,1H3;1H. The molecule has 1 heterocycles. The Morgan fingerprint density at radius 3 is 2.86 bits per heavy atom. The van der Waals surface area contributed by atoms with Gasteiger partial charge >= 0.3 is 0 Å². The van der Waals surface area contributed by atoms with Crippen LogP contribution >= 0.6 is 12.4 Å². The maximum atomic E-state index is 5.80. The van der Waals surface area contributed by atoms with Crippen molar-refractivity contribution in [2.75, 3.05) is 19.8 Å². The van der Waals surface area contributed by atoms with Gasteiger partial charge in [0.05, 0.1) is 12.7 Å². The van der Waals surface area contributed by atoms with Gasteiger partial charge in [-0.25, -0.2) is 0 Å². The molecule has 0 radical (unpaired) electrons. The van der Waals surface area contributed by atoms with Crippen LogP contribution in [-0.2, 0) is 11.3 Å². The van der Waals surface area contributed by atoms with Crippen molar-refractivity contribution in [3.05, 3.63) is 42.0 Å². The summed E-state index contributed by atoms with van der Waals surface area (Å²) >= 11 is 0. The number of fused-ring (bicyclic) bond motifs is 1. The van der Waals surface area contributed by atoms with Gasteiger partial charge in [-0.2, -0.15) is 0 Å². The van der Waals surface area contributed by atoms with Crippen molar-refractivity contribution in [3.63, 3.8) is 0 Å². The Balaban J connectivity index is 0.00000176. The van der Waals surface area contributed by atoms with Gasteiger partial charge in [0.2, 0.25) is 0 Å². The Hall–Kier alpha value is -1.29. The highest BCUT2D eigenvalue weighted by molar-refractivity contribution is 5.87. The summed E-state index contributed by atoms with van der Waals surface area (Å²) in [4.78, 5) is 0. The van der Waals surface area contributed by atoms with Crippen LogP contribution in [0, 0.1) is 0 Å². The van der Waals surface area contributed by atoms with Gasteiger partial charge in [0.15, 0.2) is 0 Å². The van der Waals surface area contributed by atoms with Crippen LogP contribution in [0.25, 0.3) is 10.8 Å². The van der Waals surface area contributed by atoms with Crippen molar-refractivity contribution >= 4 is 23.2 Å². The number of ether oxygens (including phenoxy) is 2. The number of hydrogen-bond donors (Lipinski definition) is 1. The summed E-state index contributed by atoms with van der Waals surface area (Å²) in [7, 11) is 0. The smallest absolute Gasteiger partial charge is 0.124 e. The number of hydrogen-bond acceptors (Lipinski definition) is 3. The summed E-state index contributed by atoms with van der Waals surface area (Å²) in [6, 6.07) is 12.7. The van der Waals surface area contributed by atoms with E-state index in [1.807, 2.05) is 6.92 Å². The monoisotopic (exact) mass is 321 g/mol. The molecule has 2 aromatic rings. The van der Waals surface area contributed by atoms with E-state index in [4.69, 9.17) is 9.47 Å². The van der Waals surface area contributed by atoms with Gasteiger partial charge in [-0.3, -0.25) is 0 Å². The lowest BCUT2D eigenvalue weighted by Gasteiger charge is -2.16. The molecule has 22 heavy (non-hydrogen) atoms. The zero-order chi connectivity index (χ0) is 14.5. The van der Waals surface area contributed by atoms with Crippen molar-refractivity contribution in [2.45, 2.75) is 32.4 Å². The van der Waals surface area contributed by atoms with Crippen LogP contribution in [-0.4, -0.2) is 25.9 Å². The lowest BCUT2D eigenvalue weighted by atomic mass is 10.0. The van der Waals surface area contributed by atoms with Crippen molar-refractivity contribution in [1.82, 2.24) is 5.32 Å². The van der Waals surface area contributed by atoms with Crippen molar-refractivity contribution in [1.29, 1.82) is 0 Å². The maximum Gasteiger partial charge on any atom is 0.124 e. The summed E-state index contributed by atoms with van der Waals surface area (Å²) in [5, 5.41) is 6.06. The molecule has 1 N–H and O–H groups in total. The quantitative estimate of drug-likeness (QED) is 0.874. The van der Waals surface area contributed by atoms with Gasteiger partial charge in [0.1, 0.15) is 5.75 Å². The molecule has 0 aliphatic carbocycles. The fourth-order valence-corrected chi connectivity index (χ4v) is 2.95. The predicted octanol–water partition coefficient (Wildman–Crippen LogP) is 3.93. The summed E-state index contributed by atoms with van der Waals surface area (Å²) in [5.74, 6) is 0.982. The second-order valence-electron chi connectivity index (χ2n) is 5.46. The van der Waals surface area contributed by atoms with Gasteiger partial charge in [-0.1, -0.05) is 30.3 Å².